The van der Waals surface area contributed by atoms with Crippen LogP contribution in [0.2, 0.25) is 0 Å². The number of nitrogen functional groups attached to an aromatic ring is 1. The summed E-state index contributed by atoms with van der Waals surface area (Å²) in [5.41, 5.74) is 9.50. The molecule has 0 aliphatic rings. The first kappa shape index (κ1) is 24.1. The van der Waals surface area contributed by atoms with E-state index in [2.05, 4.69) is 0 Å². The summed E-state index contributed by atoms with van der Waals surface area (Å²) in [6.45, 7) is 3.95. The molecule has 0 heterocycles. The van der Waals surface area contributed by atoms with Crippen LogP contribution in [0.3, 0.4) is 0 Å². The molecule has 0 fully saturated rings. The molecule has 1 unspecified atom stereocenters. The van der Waals surface area contributed by atoms with Gasteiger partial charge in [0.15, 0.2) is 0 Å². The van der Waals surface area contributed by atoms with Crippen molar-refractivity contribution in [2.75, 3.05) is 5.73 Å². The van der Waals surface area contributed by atoms with Crippen molar-refractivity contribution in [2.24, 2.45) is 5.92 Å². The van der Waals surface area contributed by atoms with Gasteiger partial charge in [-0.15, -0.1) is 0 Å². The molecule has 0 aliphatic heterocycles. The van der Waals surface area contributed by atoms with Crippen molar-refractivity contribution in [3.8, 4) is 11.1 Å². The van der Waals surface area contributed by atoms with E-state index in [1.165, 1.54) is 12.1 Å². The lowest BCUT2D eigenvalue weighted by molar-refractivity contribution is -0.139. The third-order valence-corrected chi connectivity index (χ3v) is 5.34. The van der Waals surface area contributed by atoms with Gasteiger partial charge in [-0.3, -0.25) is 4.79 Å². The summed E-state index contributed by atoms with van der Waals surface area (Å²) in [6.07, 6.45) is -0.402. The van der Waals surface area contributed by atoms with E-state index in [4.69, 9.17) is 5.73 Å². The maximum absolute atomic E-state index is 12.8. The molecule has 3 N–H and O–H groups in total. The van der Waals surface area contributed by atoms with Crippen LogP contribution in [0.4, 0.5) is 18.9 Å². The van der Waals surface area contributed by atoms with Gasteiger partial charge >= 0.3 is 12.1 Å². The first-order valence-electron chi connectivity index (χ1n) is 10.6. The lowest BCUT2D eigenvalue weighted by atomic mass is 9.87. The van der Waals surface area contributed by atoms with E-state index in [0.29, 0.717) is 23.2 Å². The molecule has 0 aliphatic carbocycles. The number of alkyl halides is 3. The second-order valence-electron chi connectivity index (χ2n) is 8.48. The Morgan fingerprint density at radius 3 is 2.06 bits per heavy atom. The molecular formula is C27H26F3NO2. The topological polar surface area (TPSA) is 63.3 Å². The summed E-state index contributed by atoms with van der Waals surface area (Å²) in [4.78, 5) is 12.0. The number of nitrogens with two attached hydrogens (primary N) is 1. The monoisotopic (exact) mass is 453 g/mol. The Hall–Kier alpha value is -3.54. The molecule has 3 aromatic rings. The smallest absolute Gasteiger partial charge is 0.416 e. The molecule has 0 saturated carbocycles. The normalized spacial score (nSPS) is 12.9. The number of carbonyl (C=O) groups is 1. The van der Waals surface area contributed by atoms with Gasteiger partial charge in [0.25, 0.3) is 0 Å². The summed E-state index contributed by atoms with van der Waals surface area (Å²) in [6, 6.07) is 17.8. The van der Waals surface area contributed by atoms with Crippen LogP contribution in [0.25, 0.3) is 23.3 Å². The van der Waals surface area contributed by atoms with Gasteiger partial charge in [-0.05, 0) is 70.5 Å². The van der Waals surface area contributed by atoms with Crippen molar-refractivity contribution >= 4 is 23.8 Å². The Kier molecular flexibility index (Phi) is 7.26. The Morgan fingerprint density at radius 2 is 1.52 bits per heavy atom. The van der Waals surface area contributed by atoms with Crippen LogP contribution < -0.4 is 5.73 Å². The zero-order valence-electron chi connectivity index (χ0n) is 18.4. The van der Waals surface area contributed by atoms with Gasteiger partial charge in [0.2, 0.25) is 0 Å². The van der Waals surface area contributed by atoms with Gasteiger partial charge in [-0.1, -0.05) is 62.4 Å². The van der Waals surface area contributed by atoms with Gasteiger partial charge in [0.05, 0.1) is 11.5 Å². The highest BCUT2D eigenvalue weighted by molar-refractivity contribution is 5.80. The maximum atomic E-state index is 12.8. The van der Waals surface area contributed by atoms with Crippen LogP contribution in [-0.2, 0) is 11.0 Å². The number of rotatable bonds is 7. The van der Waals surface area contributed by atoms with Crippen molar-refractivity contribution < 1.29 is 23.1 Å². The van der Waals surface area contributed by atoms with Crippen molar-refractivity contribution in [3.63, 3.8) is 0 Å². The SMILES string of the molecule is CC(C)CC(C(=O)O)c1cc(/C=C\c2ccc(C(F)(F)F)cc2)cc(-c2ccc(N)cc2)c1. The Morgan fingerprint density at radius 1 is 0.909 bits per heavy atom. The summed E-state index contributed by atoms with van der Waals surface area (Å²) in [5.74, 6) is -1.37. The molecule has 6 heteroatoms. The highest BCUT2D eigenvalue weighted by Gasteiger charge is 2.29. The van der Waals surface area contributed by atoms with Crippen LogP contribution in [0, 0.1) is 5.92 Å². The van der Waals surface area contributed by atoms with E-state index in [1.54, 1.807) is 24.3 Å². The molecule has 0 saturated heterocycles. The Labute approximate surface area is 191 Å². The van der Waals surface area contributed by atoms with E-state index in [-0.39, 0.29) is 5.92 Å². The van der Waals surface area contributed by atoms with E-state index in [1.807, 2.05) is 44.2 Å². The first-order valence-corrected chi connectivity index (χ1v) is 10.6. The quantitative estimate of drug-likeness (QED) is 0.291. The van der Waals surface area contributed by atoms with Crippen LogP contribution in [0.5, 0.6) is 0 Å². The lowest BCUT2D eigenvalue weighted by Gasteiger charge is -2.17. The first-order chi connectivity index (χ1) is 15.5. The predicted molar refractivity (Wildman–Crippen MR) is 126 cm³/mol. The number of aliphatic carboxylic acids is 1. The molecule has 0 aromatic heterocycles. The van der Waals surface area contributed by atoms with E-state index < -0.39 is 23.6 Å². The fourth-order valence-corrected chi connectivity index (χ4v) is 3.64. The van der Waals surface area contributed by atoms with Crippen LogP contribution in [-0.4, -0.2) is 11.1 Å². The molecule has 33 heavy (non-hydrogen) atoms. The van der Waals surface area contributed by atoms with Crippen molar-refractivity contribution in [2.45, 2.75) is 32.4 Å². The Balaban J connectivity index is 2.02. The second kappa shape index (κ2) is 9.94. The molecule has 0 spiro atoms. The summed E-state index contributed by atoms with van der Waals surface area (Å²) < 4.78 is 38.4. The van der Waals surface area contributed by atoms with E-state index in [0.717, 1.165) is 28.8 Å². The van der Waals surface area contributed by atoms with Crippen LogP contribution in [0.15, 0.2) is 66.7 Å². The molecule has 0 bridgehead atoms. The average Bonchev–Trinajstić information content (AvgIpc) is 2.75. The number of carboxylic acids is 1. The summed E-state index contributed by atoms with van der Waals surface area (Å²) in [5, 5.41) is 9.84. The summed E-state index contributed by atoms with van der Waals surface area (Å²) >= 11 is 0. The number of hydrogen-bond acceptors (Lipinski definition) is 2. The van der Waals surface area contributed by atoms with Gasteiger partial charge in [0.1, 0.15) is 0 Å². The standard InChI is InChI=1S/C27H26F3NO2/c1-17(2)13-25(26(32)33)22-15-19(14-21(16-22)20-7-11-24(31)12-8-20)4-3-18-5-9-23(10-6-18)27(28,29)30/h3-12,14-17,25H,13,31H2,1-2H3,(H,32,33)/b4-3-. The lowest BCUT2D eigenvalue weighted by Crippen LogP contribution is -2.14. The molecule has 0 radical (unpaired) electrons. The number of halogens is 3. The minimum absolute atomic E-state index is 0.192. The van der Waals surface area contributed by atoms with Crippen molar-refractivity contribution in [3.05, 3.63) is 89.0 Å². The number of carboxylic acid groups (broad SMARTS) is 1. The highest BCUT2D eigenvalue weighted by Crippen LogP contribution is 2.32. The minimum Gasteiger partial charge on any atom is -0.481 e. The molecule has 3 nitrogen and oxygen atoms in total. The fourth-order valence-electron chi connectivity index (χ4n) is 3.64. The molecule has 1 atom stereocenters. The largest absolute Gasteiger partial charge is 0.481 e. The molecule has 3 aromatic carbocycles. The number of anilines is 1. The third kappa shape index (κ3) is 6.48. The zero-order valence-corrected chi connectivity index (χ0v) is 18.4. The molecule has 3 rings (SSSR count). The molecular weight excluding hydrogens is 427 g/mol. The average molecular weight is 454 g/mol. The van der Waals surface area contributed by atoms with E-state index in [9.17, 15) is 23.1 Å². The predicted octanol–water partition coefficient (Wildman–Crippen LogP) is 7.34. The van der Waals surface area contributed by atoms with Gasteiger partial charge < -0.3 is 10.8 Å². The van der Waals surface area contributed by atoms with Crippen molar-refractivity contribution in [1.29, 1.82) is 0 Å². The zero-order chi connectivity index (χ0) is 24.2. The van der Waals surface area contributed by atoms with Crippen molar-refractivity contribution in [1.82, 2.24) is 0 Å². The molecule has 0 amide bonds. The van der Waals surface area contributed by atoms with Gasteiger partial charge in [-0.25, -0.2) is 0 Å². The van der Waals surface area contributed by atoms with Gasteiger partial charge in [-0.2, -0.15) is 13.2 Å². The van der Waals surface area contributed by atoms with Gasteiger partial charge in [0, 0.05) is 5.69 Å². The maximum Gasteiger partial charge on any atom is 0.416 e. The minimum atomic E-state index is -4.38. The fraction of sp³-hybridized carbons (Fsp3) is 0.222. The Bertz CT molecular complexity index is 1130. The van der Waals surface area contributed by atoms with Crippen LogP contribution in [0.1, 0.15) is 48.4 Å². The summed E-state index contributed by atoms with van der Waals surface area (Å²) in [7, 11) is 0. The second-order valence-corrected chi connectivity index (χ2v) is 8.48. The molecule has 172 valence electrons. The number of benzene rings is 3. The van der Waals surface area contributed by atoms with Crippen LogP contribution >= 0.6 is 0 Å². The highest BCUT2D eigenvalue weighted by atomic mass is 19.4. The number of hydrogen-bond donors (Lipinski definition) is 2. The van der Waals surface area contributed by atoms with E-state index >= 15 is 0 Å². The third-order valence-electron chi connectivity index (χ3n) is 5.34.